The summed E-state index contributed by atoms with van der Waals surface area (Å²) in [5.41, 5.74) is 4.32. The molecule has 2 aromatic rings. The van der Waals surface area contributed by atoms with Crippen LogP contribution in [0.3, 0.4) is 0 Å². The molecule has 1 aromatic heterocycles. The third kappa shape index (κ3) is 4.38. The molecule has 0 saturated carbocycles. The lowest BCUT2D eigenvalue weighted by Crippen LogP contribution is -2.40. The van der Waals surface area contributed by atoms with Crippen molar-refractivity contribution >= 4 is 5.96 Å². The molecular weight excluding hydrogens is 348 g/mol. The van der Waals surface area contributed by atoms with Crippen molar-refractivity contribution in [2.75, 3.05) is 39.3 Å². The van der Waals surface area contributed by atoms with E-state index in [-0.39, 0.29) is 0 Å². The molecule has 1 N–H and O–H groups in total. The second kappa shape index (κ2) is 8.78. The zero-order valence-corrected chi connectivity index (χ0v) is 17.1. The summed E-state index contributed by atoms with van der Waals surface area (Å²) in [7, 11) is 1.99. The molecule has 1 fully saturated rings. The van der Waals surface area contributed by atoms with Crippen LogP contribution in [0.5, 0.6) is 0 Å². The molecule has 0 spiro atoms. The summed E-state index contributed by atoms with van der Waals surface area (Å²) in [6.45, 7) is 9.18. The van der Waals surface area contributed by atoms with Crippen molar-refractivity contribution in [2.24, 2.45) is 12.0 Å². The predicted octanol–water partition coefficient (Wildman–Crippen LogP) is 2.23. The summed E-state index contributed by atoms with van der Waals surface area (Å²) >= 11 is 0. The number of aliphatic imine (C=N–C) groups is 1. The number of likely N-dealkylation sites (tertiary alicyclic amines) is 1. The first-order valence-electron chi connectivity index (χ1n) is 10.5. The minimum absolute atomic E-state index is 0.552. The minimum atomic E-state index is 0.552. The van der Waals surface area contributed by atoms with Crippen LogP contribution < -0.4 is 5.32 Å². The van der Waals surface area contributed by atoms with Gasteiger partial charge in [-0.3, -0.25) is 14.6 Å². The molecule has 6 heteroatoms. The fourth-order valence-corrected chi connectivity index (χ4v) is 4.34. The summed E-state index contributed by atoms with van der Waals surface area (Å²) in [5.74, 6) is 1.61. The molecule has 0 radical (unpaired) electrons. The van der Waals surface area contributed by atoms with Crippen molar-refractivity contribution in [3.63, 3.8) is 0 Å². The Morgan fingerprint density at radius 2 is 2.11 bits per heavy atom. The molecule has 4 rings (SSSR count). The average molecular weight is 381 g/mol. The lowest BCUT2D eigenvalue weighted by molar-refractivity contribution is 0.261. The molecule has 0 bridgehead atoms. The highest BCUT2D eigenvalue weighted by Crippen LogP contribution is 2.26. The van der Waals surface area contributed by atoms with Gasteiger partial charge in [0.25, 0.3) is 0 Å². The van der Waals surface area contributed by atoms with Gasteiger partial charge in [0.2, 0.25) is 0 Å². The van der Waals surface area contributed by atoms with E-state index in [1.165, 1.54) is 23.1 Å². The Kier molecular flexibility index (Phi) is 5.95. The Morgan fingerprint density at radius 3 is 2.89 bits per heavy atom. The smallest absolute Gasteiger partial charge is 0.193 e. The molecule has 0 aliphatic carbocycles. The van der Waals surface area contributed by atoms with Gasteiger partial charge in [0, 0.05) is 58.4 Å². The van der Waals surface area contributed by atoms with E-state index in [0.29, 0.717) is 5.92 Å². The summed E-state index contributed by atoms with van der Waals surface area (Å²) in [4.78, 5) is 9.88. The number of guanidine groups is 1. The van der Waals surface area contributed by atoms with Crippen molar-refractivity contribution in [3.05, 3.63) is 53.3 Å². The molecule has 1 saturated heterocycles. The van der Waals surface area contributed by atoms with Crippen molar-refractivity contribution in [1.29, 1.82) is 0 Å². The lowest BCUT2D eigenvalue weighted by Gasteiger charge is -2.28. The molecule has 2 aliphatic heterocycles. The summed E-state index contributed by atoms with van der Waals surface area (Å²) in [5, 5.41) is 7.82. The highest BCUT2D eigenvalue weighted by molar-refractivity contribution is 5.80. The van der Waals surface area contributed by atoms with Crippen LogP contribution >= 0.6 is 0 Å². The fraction of sp³-hybridized carbons (Fsp3) is 0.545. The maximum absolute atomic E-state index is 4.95. The van der Waals surface area contributed by atoms with Crippen LogP contribution in [-0.2, 0) is 20.0 Å². The minimum Gasteiger partial charge on any atom is -0.357 e. The van der Waals surface area contributed by atoms with Gasteiger partial charge in [-0.05, 0) is 36.5 Å². The van der Waals surface area contributed by atoms with E-state index in [2.05, 4.69) is 57.6 Å². The molecule has 28 heavy (non-hydrogen) atoms. The second-order valence-electron chi connectivity index (χ2n) is 7.91. The first-order valence-corrected chi connectivity index (χ1v) is 10.5. The maximum Gasteiger partial charge on any atom is 0.193 e. The fourth-order valence-electron chi connectivity index (χ4n) is 4.34. The van der Waals surface area contributed by atoms with Crippen LogP contribution in [-0.4, -0.2) is 64.8 Å². The van der Waals surface area contributed by atoms with Crippen molar-refractivity contribution < 1.29 is 0 Å². The predicted molar refractivity (Wildman–Crippen MR) is 114 cm³/mol. The standard InChI is InChI=1S/C22H32N6/c1-3-23-22(28-12-9-20(17-28)21-14-25-26(2)15-21)24-10-13-27-11-8-18-6-4-5-7-19(18)16-27/h4-7,14-15,20H,3,8-13,16-17H2,1-2H3,(H,23,24). The molecule has 1 aromatic carbocycles. The van der Waals surface area contributed by atoms with E-state index in [0.717, 1.165) is 58.2 Å². The average Bonchev–Trinajstić information content (AvgIpc) is 3.36. The number of hydrogen-bond acceptors (Lipinski definition) is 3. The highest BCUT2D eigenvalue weighted by Gasteiger charge is 2.27. The number of nitrogens with one attached hydrogen (secondary N) is 1. The van der Waals surface area contributed by atoms with Gasteiger partial charge >= 0.3 is 0 Å². The van der Waals surface area contributed by atoms with Gasteiger partial charge in [0.05, 0.1) is 12.7 Å². The molecule has 150 valence electrons. The molecule has 0 amide bonds. The normalized spacial score (nSPS) is 20.4. The summed E-state index contributed by atoms with van der Waals surface area (Å²) < 4.78 is 1.90. The van der Waals surface area contributed by atoms with Crippen molar-refractivity contribution in [2.45, 2.75) is 32.2 Å². The second-order valence-corrected chi connectivity index (χ2v) is 7.91. The van der Waals surface area contributed by atoms with Gasteiger partial charge in [0.1, 0.15) is 0 Å². The number of aromatic nitrogens is 2. The topological polar surface area (TPSA) is 48.7 Å². The molecular formula is C22H32N6. The maximum atomic E-state index is 4.95. The first-order chi connectivity index (χ1) is 13.7. The highest BCUT2D eigenvalue weighted by atomic mass is 15.3. The van der Waals surface area contributed by atoms with E-state index >= 15 is 0 Å². The molecule has 2 aliphatic rings. The monoisotopic (exact) mass is 380 g/mol. The van der Waals surface area contributed by atoms with E-state index < -0.39 is 0 Å². The lowest BCUT2D eigenvalue weighted by atomic mass is 10.00. The Labute approximate surface area is 168 Å². The number of aryl methyl sites for hydroxylation is 1. The number of rotatable bonds is 5. The zero-order chi connectivity index (χ0) is 19.3. The SMILES string of the molecule is CCNC(=NCCN1CCc2ccccc2C1)N1CCC(c2cnn(C)c2)C1. The van der Waals surface area contributed by atoms with Crippen LogP contribution in [0.15, 0.2) is 41.7 Å². The van der Waals surface area contributed by atoms with Crippen LogP contribution in [0.1, 0.15) is 36.0 Å². The molecule has 1 atom stereocenters. The largest absolute Gasteiger partial charge is 0.357 e. The van der Waals surface area contributed by atoms with E-state index in [1.54, 1.807) is 0 Å². The van der Waals surface area contributed by atoms with Gasteiger partial charge in [-0.15, -0.1) is 0 Å². The number of fused-ring (bicyclic) bond motifs is 1. The third-order valence-electron chi connectivity index (χ3n) is 5.91. The molecule has 6 nitrogen and oxygen atoms in total. The van der Waals surface area contributed by atoms with Gasteiger partial charge in [0.15, 0.2) is 5.96 Å². The Bertz CT molecular complexity index is 811. The Balaban J connectivity index is 1.32. The van der Waals surface area contributed by atoms with Crippen LogP contribution in [0.25, 0.3) is 0 Å². The number of hydrogen-bond donors (Lipinski definition) is 1. The molecule has 3 heterocycles. The third-order valence-corrected chi connectivity index (χ3v) is 5.91. The van der Waals surface area contributed by atoms with E-state index in [1.807, 2.05) is 17.9 Å². The zero-order valence-electron chi connectivity index (χ0n) is 17.1. The number of benzene rings is 1. The van der Waals surface area contributed by atoms with E-state index in [4.69, 9.17) is 4.99 Å². The van der Waals surface area contributed by atoms with Crippen LogP contribution in [0.2, 0.25) is 0 Å². The van der Waals surface area contributed by atoms with Gasteiger partial charge in [-0.25, -0.2) is 0 Å². The summed E-state index contributed by atoms with van der Waals surface area (Å²) in [6, 6.07) is 8.82. The van der Waals surface area contributed by atoms with Crippen LogP contribution in [0.4, 0.5) is 0 Å². The quantitative estimate of drug-likeness (QED) is 0.638. The Hall–Kier alpha value is -2.34. The van der Waals surface area contributed by atoms with Crippen molar-refractivity contribution in [1.82, 2.24) is 24.9 Å². The van der Waals surface area contributed by atoms with Gasteiger partial charge < -0.3 is 10.2 Å². The van der Waals surface area contributed by atoms with Gasteiger partial charge in [-0.1, -0.05) is 24.3 Å². The van der Waals surface area contributed by atoms with E-state index in [9.17, 15) is 0 Å². The van der Waals surface area contributed by atoms with Gasteiger partial charge in [-0.2, -0.15) is 5.10 Å². The Morgan fingerprint density at radius 1 is 1.25 bits per heavy atom. The number of nitrogens with zero attached hydrogens (tertiary/aromatic N) is 5. The summed E-state index contributed by atoms with van der Waals surface area (Å²) in [6.07, 6.45) is 6.47. The van der Waals surface area contributed by atoms with Crippen LogP contribution in [0, 0.1) is 0 Å². The molecule has 1 unspecified atom stereocenters. The first kappa shape index (κ1) is 19.0. The van der Waals surface area contributed by atoms with Crippen molar-refractivity contribution in [3.8, 4) is 0 Å².